The minimum Gasteiger partial charge on any atom is -0.507 e. The molecule has 3 rings (SSSR count). The molecule has 1 aromatic carbocycles. The van der Waals surface area contributed by atoms with Crippen molar-refractivity contribution in [3.05, 3.63) is 36.0 Å². The van der Waals surface area contributed by atoms with Crippen molar-refractivity contribution in [2.45, 2.75) is 13.3 Å². The fraction of sp³-hybridized carbons (Fsp3) is 0.375. The Labute approximate surface area is 135 Å². The lowest BCUT2D eigenvalue weighted by molar-refractivity contribution is 0.477. The van der Waals surface area contributed by atoms with Gasteiger partial charge in [-0.3, -0.25) is 0 Å². The number of hydrogen-bond donors (Lipinski definition) is 2. The molecule has 0 spiro atoms. The second-order valence-corrected chi connectivity index (χ2v) is 8.11. The van der Waals surface area contributed by atoms with Gasteiger partial charge in [0.1, 0.15) is 11.6 Å². The maximum Gasteiger partial charge on any atom is 0.165 e. The van der Waals surface area contributed by atoms with E-state index < -0.39 is 9.84 Å². The lowest BCUT2D eigenvalue weighted by atomic mass is 10.1. The van der Waals surface area contributed by atoms with Crippen LogP contribution in [0.15, 0.2) is 30.3 Å². The number of phenols is 1. The first-order valence-corrected chi connectivity index (χ1v) is 9.33. The normalized spacial score (nSPS) is 19.6. The second kappa shape index (κ2) is 6.16. The Hall–Kier alpha value is -2.15. The highest BCUT2D eigenvalue weighted by Crippen LogP contribution is 2.27. The summed E-state index contributed by atoms with van der Waals surface area (Å²) in [5.41, 5.74) is 1.35. The fourth-order valence-corrected chi connectivity index (χ4v) is 4.59. The second-order valence-electron chi connectivity index (χ2n) is 5.89. The summed E-state index contributed by atoms with van der Waals surface area (Å²) in [5.74, 6) is 1.83. The van der Waals surface area contributed by atoms with Crippen molar-refractivity contribution >= 4 is 15.7 Å². The van der Waals surface area contributed by atoms with Crippen molar-refractivity contribution < 1.29 is 13.5 Å². The van der Waals surface area contributed by atoms with Gasteiger partial charge in [-0.2, -0.15) is 0 Å². The molecule has 2 heterocycles. The molecule has 0 bridgehead atoms. The molecule has 0 amide bonds. The lowest BCUT2D eigenvalue weighted by Crippen LogP contribution is -2.16. The Morgan fingerprint density at radius 3 is 2.78 bits per heavy atom. The zero-order valence-electron chi connectivity index (χ0n) is 12.9. The molecule has 1 aromatic heterocycles. The van der Waals surface area contributed by atoms with Crippen LogP contribution in [0.25, 0.3) is 11.4 Å². The van der Waals surface area contributed by atoms with E-state index in [4.69, 9.17) is 0 Å². The van der Waals surface area contributed by atoms with Crippen LogP contribution in [0, 0.1) is 12.8 Å². The van der Waals surface area contributed by atoms with Crippen LogP contribution in [0.4, 0.5) is 5.82 Å². The minimum atomic E-state index is -2.87. The molecule has 0 saturated carbocycles. The van der Waals surface area contributed by atoms with E-state index in [1.807, 2.05) is 19.1 Å². The maximum atomic E-state index is 11.5. The van der Waals surface area contributed by atoms with Crippen molar-refractivity contribution in [2.75, 3.05) is 23.4 Å². The number of para-hydroxylation sites is 1. The Bertz CT molecular complexity index is 821. The van der Waals surface area contributed by atoms with Gasteiger partial charge in [0.15, 0.2) is 15.7 Å². The number of aryl methyl sites for hydroxylation is 1. The fourth-order valence-electron chi connectivity index (χ4n) is 2.72. The van der Waals surface area contributed by atoms with Crippen LogP contribution in [0.5, 0.6) is 5.75 Å². The van der Waals surface area contributed by atoms with E-state index in [9.17, 15) is 13.5 Å². The largest absolute Gasteiger partial charge is 0.507 e. The summed E-state index contributed by atoms with van der Waals surface area (Å²) < 4.78 is 23.0. The monoisotopic (exact) mass is 333 g/mol. The SMILES string of the molecule is Cc1cc(NCC2CCS(=O)(=O)C2)nc(-c2ccccc2O)n1. The summed E-state index contributed by atoms with van der Waals surface area (Å²) in [6.45, 7) is 2.42. The predicted molar refractivity (Wildman–Crippen MR) is 89.1 cm³/mol. The summed E-state index contributed by atoms with van der Waals surface area (Å²) in [6, 6.07) is 8.73. The van der Waals surface area contributed by atoms with Gasteiger partial charge in [-0.05, 0) is 31.4 Å². The molecule has 1 aliphatic heterocycles. The first-order chi connectivity index (χ1) is 10.9. The average molecular weight is 333 g/mol. The average Bonchev–Trinajstić information content (AvgIpc) is 2.84. The number of nitrogens with zero attached hydrogens (tertiary/aromatic N) is 2. The van der Waals surface area contributed by atoms with E-state index in [0.717, 1.165) is 5.69 Å². The third-order valence-corrected chi connectivity index (χ3v) is 5.73. The molecule has 2 N–H and O–H groups in total. The van der Waals surface area contributed by atoms with Crippen LogP contribution in [0.3, 0.4) is 0 Å². The number of hydrogen-bond acceptors (Lipinski definition) is 6. The summed E-state index contributed by atoms with van der Waals surface area (Å²) in [6.07, 6.45) is 0.686. The highest BCUT2D eigenvalue weighted by molar-refractivity contribution is 7.91. The van der Waals surface area contributed by atoms with E-state index in [1.54, 1.807) is 18.2 Å². The summed E-state index contributed by atoms with van der Waals surface area (Å²) in [7, 11) is -2.87. The molecular weight excluding hydrogens is 314 g/mol. The van der Waals surface area contributed by atoms with Gasteiger partial charge in [0.05, 0.1) is 17.1 Å². The third kappa shape index (κ3) is 3.79. The van der Waals surface area contributed by atoms with Crippen LogP contribution >= 0.6 is 0 Å². The van der Waals surface area contributed by atoms with Gasteiger partial charge in [0.25, 0.3) is 0 Å². The van der Waals surface area contributed by atoms with Gasteiger partial charge in [-0.25, -0.2) is 18.4 Å². The Balaban J connectivity index is 1.77. The molecular formula is C16H19N3O3S. The van der Waals surface area contributed by atoms with Gasteiger partial charge < -0.3 is 10.4 Å². The number of sulfone groups is 1. The topological polar surface area (TPSA) is 92.2 Å². The van der Waals surface area contributed by atoms with Gasteiger partial charge in [-0.1, -0.05) is 12.1 Å². The zero-order chi connectivity index (χ0) is 16.4. The van der Waals surface area contributed by atoms with Gasteiger partial charge in [-0.15, -0.1) is 0 Å². The van der Waals surface area contributed by atoms with Crippen LogP contribution in [-0.2, 0) is 9.84 Å². The molecule has 1 atom stereocenters. The third-order valence-electron chi connectivity index (χ3n) is 3.90. The van der Waals surface area contributed by atoms with E-state index in [2.05, 4.69) is 15.3 Å². The first-order valence-electron chi connectivity index (χ1n) is 7.51. The van der Waals surface area contributed by atoms with Gasteiger partial charge in [0, 0.05) is 18.3 Å². The molecule has 7 heteroatoms. The molecule has 2 aromatic rings. The van der Waals surface area contributed by atoms with Crippen LogP contribution in [0.1, 0.15) is 12.1 Å². The summed E-state index contributed by atoms with van der Waals surface area (Å²) >= 11 is 0. The predicted octanol–water partition coefficient (Wildman–Crippen LogP) is 2.00. The van der Waals surface area contributed by atoms with E-state index >= 15 is 0 Å². The maximum absolute atomic E-state index is 11.5. The molecule has 23 heavy (non-hydrogen) atoms. The highest BCUT2D eigenvalue weighted by atomic mass is 32.2. The molecule has 122 valence electrons. The van der Waals surface area contributed by atoms with E-state index in [0.29, 0.717) is 30.2 Å². The molecule has 1 unspecified atom stereocenters. The number of anilines is 1. The van der Waals surface area contributed by atoms with Crippen LogP contribution < -0.4 is 5.32 Å². The number of phenolic OH excluding ortho intramolecular Hbond substituents is 1. The molecule has 1 aliphatic rings. The minimum absolute atomic E-state index is 0.115. The molecule has 0 radical (unpaired) electrons. The number of aromatic nitrogens is 2. The Kier molecular flexibility index (Phi) is 4.21. The van der Waals surface area contributed by atoms with E-state index in [1.165, 1.54) is 0 Å². The number of rotatable bonds is 4. The summed E-state index contributed by atoms with van der Waals surface area (Å²) in [5, 5.41) is 13.1. The quantitative estimate of drug-likeness (QED) is 0.889. The van der Waals surface area contributed by atoms with Crippen molar-refractivity contribution in [3.63, 3.8) is 0 Å². The molecule has 1 fully saturated rings. The first kappa shape index (κ1) is 15.7. The van der Waals surface area contributed by atoms with Gasteiger partial charge >= 0.3 is 0 Å². The Morgan fingerprint density at radius 1 is 1.30 bits per heavy atom. The van der Waals surface area contributed by atoms with Crippen LogP contribution in [-0.4, -0.2) is 41.5 Å². The molecule has 1 saturated heterocycles. The summed E-state index contributed by atoms with van der Waals surface area (Å²) in [4.78, 5) is 8.79. The van der Waals surface area contributed by atoms with Crippen molar-refractivity contribution in [3.8, 4) is 17.1 Å². The highest BCUT2D eigenvalue weighted by Gasteiger charge is 2.27. The van der Waals surface area contributed by atoms with Crippen molar-refractivity contribution in [1.82, 2.24) is 9.97 Å². The smallest absolute Gasteiger partial charge is 0.165 e. The van der Waals surface area contributed by atoms with Crippen molar-refractivity contribution in [2.24, 2.45) is 5.92 Å². The standard InChI is InChI=1S/C16H19N3O3S/c1-11-8-15(17-9-12-6-7-23(21,22)10-12)19-16(18-11)13-4-2-3-5-14(13)20/h2-5,8,12,20H,6-7,9-10H2,1H3,(H,17,18,19). The molecule has 6 nitrogen and oxygen atoms in total. The number of aromatic hydroxyl groups is 1. The lowest BCUT2D eigenvalue weighted by Gasteiger charge is -2.12. The number of benzene rings is 1. The number of nitrogens with one attached hydrogen (secondary N) is 1. The van der Waals surface area contributed by atoms with Gasteiger partial charge in [0.2, 0.25) is 0 Å². The van der Waals surface area contributed by atoms with E-state index in [-0.39, 0.29) is 23.2 Å². The van der Waals surface area contributed by atoms with Crippen LogP contribution in [0.2, 0.25) is 0 Å². The Morgan fingerprint density at radius 2 is 2.09 bits per heavy atom. The van der Waals surface area contributed by atoms with Crippen molar-refractivity contribution in [1.29, 1.82) is 0 Å². The molecule has 0 aliphatic carbocycles. The zero-order valence-corrected chi connectivity index (χ0v) is 13.7.